The fourth-order valence-electron chi connectivity index (χ4n) is 3.30. The summed E-state index contributed by atoms with van der Waals surface area (Å²) in [7, 11) is -2.81. The summed E-state index contributed by atoms with van der Waals surface area (Å²) in [5.74, 6) is 0.398. The summed E-state index contributed by atoms with van der Waals surface area (Å²) in [6.07, 6.45) is 10.4. The molecular weight excluding hydrogens is 234 g/mol. The van der Waals surface area contributed by atoms with Crippen LogP contribution in [0.3, 0.4) is 0 Å². The second-order valence-electron chi connectivity index (χ2n) is 5.95. The molecule has 100 valence electrons. The highest BCUT2D eigenvalue weighted by molar-refractivity contribution is 7.92. The lowest BCUT2D eigenvalue weighted by Crippen LogP contribution is -2.43. The van der Waals surface area contributed by atoms with Crippen molar-refractivity contribution in [3.8, 4) is 0 Å². The number of hydrogen-bond donors (Lipinski definition) is 1. The third-order valence-electron chi connectivity index (χ3n) is 4.53. The van der Waals surface area contributed by atoms with Crippen LogP contribution in [0, 0.1) is 0 Å². The molecular formula is C13H25NO2S. The van der Waals surface area contributed by atoms with Gasteiger partial charge in [0.05, 0.1) is 11.0 Å². The molecule has 3 nitrogen and oxygen atoms in total. The number of rotatable bonds is 3. The third kappa shape index (κ3) is 3.44. The molecule has 0 radical (unpaired) electrons. The van der Waals surface area contributed by atoms with Crippen molar-refractivity contribution in [1.82, 2.24) is 0 Å². The van der Waals surface area contributed by atoms with E-state index in [0.29, 0.717) is 5.75 Å². The Labute approximate surface area is 105 Å². The third-order valence-corrected chi connectivity index (χ3v) is 6.87. The fraction of sp³-hybridized carbons (Fsp3) is 1.00. The highest BCUT2D eigenvalue weighted by atomic mass is 32.2. The van der Waals surface area contributed by atoms with E-state index in [1.807, 2.05) is 0 Å². The molecule has 1 atom stereocenters. The highest BCUT2D eigenvalue weighted by Gasteiger charge is 2.33. The van der Waals surface area contributed by atoms with Crippen LogP contribution in [0.1, 0.15) is 64.2 Å². The van der Waals surface area contributed by atoms with Crippen LogP contribution in [0.4, 0.5) is 0 Å². The van der Waals surface area contributed by atoms with E-state index in [0.717, 1.165) is 44.9 Å². The lowest BCUT2D eigenvalue weighted by atomic mass is 9.79. The van der Waals surface area contributed by atoms with E-state index in [2.05, 4.69) is 0 Å². The largest absolute Gasteiger partial charge is 0.325 e. The van der Waals surface area contributed by atoms with Crippen LogP contribution in [-0.2, 0) is 9.84 Å². The minimum Gasteiger partial charge on any atom is -0.325 e. The van der Waals surface area contributed by atoms with Crippen LogP contribution in [0.25, 0.3) is 0 Å². The maximum absolute atomic E-state index is 11.9. The molecule has 0 aromatic heterocycles. The van der Waals surface area contributed by atoms with Crippen LogP contribution in [-0.4, -0.2) is 25.0 Å². The van der Waals surface area contributed by atoms with Gasteiger partial charge in [0.2, 0.25) is 0 Å². The van der Waals surface area contributed by atoms with Crippen molar-refractivity contribution in [2.45, 2.75) is 75.0 Å². The minimum absolute atomic E-state index is 0.0643. The minimum atomic E-state index is -2.81. The molecule has 2 rings (SSSR count). The van der Waals surface area contributed by atoms with E-state index < -0.39 is 9.84 Å². The zero-order valence-electron chi connectivity index (χ0n) is 10.7. The molecule has 17 heavy (non-hydrogen) atoms. The van der Waals surface area contributed by atoms with Crippen molar-refractivity contribution < 1.29 is 8.42 Å². The monoisotopic (exact) mass is 259 g/mol. The van der Waals surface area contributed by atoms with Crippen molar-refractivity contribution in [2.75, 3.05) is 5.75 Å². The van der Waals surface area contributed by atoms with E-state index in [1.165, 1.54) is 19.3 Å². The number of nitrogens with two attached hydrogens (primary N) is 1. The topological polar surface area (TPSA) is 60.2 Å². The van der Waals surface area contributed by atoms with Crippen molar-refractivity contribution in [1.29, 1.82) is 0 Å². The van der Waals surface area contributed by atoms with E-state index in [-0.39, 0.29) is 10.8 Å². The SMILES string of the molecule is NC1(CCC2CCCCS2(=O)=O)CCCCC1. The molecule has 0 bridgehead atoms. The summed E-state index contributed by atoms with van der Waals surface area (Å²) in [5.41, 5.74) is 6.31. The fourth-order valence-corrected chi connectivity index (χ4v) is 5.24. The normalized spacial score (nSPS) is 32.2. The van der Waals surface area contributed by atoms with E-state index in [9.17, 15) is 8.42 Å². The molecule has 2 aliphatic rings. The van der Waals surface area contributed by atoms with E-state index in [4.69, 9.17) is 5.73 Å². The first kappa shape index (κ1) is 13.3. The van der Waals surface area contributed by atoms with Gasteiger partial charge in [-0.2, -0.15) is 0 Å². The summed E-state index contributed by atoms with van der Waals surface area (Å²) in [5, 5.41) is -0.0985. The number of hydrogen-bond acceptors (Lipinski definition) is 3. The molecule has 2 N–H and O–H groups in total. The molecule has 2 fully saturated rings. The Kier molecular flexibility index (Phi) is 4.14. The first-order chi connectivity index (χ1) is 8.02. The average Bonchev–Trinajstić information content (AvgIpc) is 2.28. The molecule has 0 amide bonds. The predicted octanol–water partition coefficient (Wildman–Crippen LogP) is 2.40. The Morgan fingerprint density at radius 2 is 1.76 bits per heavy atom. The lowest BCUT2D eigenvalue weighted by molar-refractivity contribution is 0.269. The molecule has 0 aromatic rings. The van der Waals surface area contributed by atoms with Gasteiger partial charge in [0, 0.05) is 5.54 Å². The molecule has 1 heterocycles. The van der Waals surface area contributed by atoms with E-state index >= 15 is 0 Å². The summed E-state index contributed by atoms with van der Waals surface area (Å²) in [6.45, 7) is 0. The van der Waals surface area contributed by atoms with Gasteiger partial charge < -0.3 is 5.73 Å². The first-order valence-electron chi connectivity index (χ1n) is 7.02. The molecule has 1 saturated carbocycles. The Bertz CT molecular complexity index is 344. The van der Waals surface area contributed by atoms with Gasteiger partial charge in [0.1, 0.15) is 0 Å². The molecule has 1 aliphatic heterocycles. The Balaban J connectivity index is 1.88. The van der Waals surface area contributed by atoms with Gasteiger partial charge in [-0.25, -0.2) is 8.42 Å². The molecule has 1 unspecified atom stereocenters. The average molecular weight is 259 g/mol. The highest BCUT2D eigenvalue weighted by Crippen LogP contribution is 2.32. The summed E-state index contributed by atoms with van der Waals surface area (Å²) in [4.78, 5) is 0. The van der Waals surface area contributed by atoms with Crippen LogP contribution in [0.15, 0.2) is 0 Å². The summed E-state index contributed by atoms with van der Waals surface area (Å²) in [6, 6.07) is 0. The van der Waals surface area contributed by atoms with Gasteiger partial charge in [-0.3, -0.25) is 0 Å². The quantitative estimate of drug-likeness (QED) is 0.846. The molecule has 1 aliphatic carbocycles. The van der Waals surface area contributed by atoms with Gasteiger partial charge >= 0.3 is 0 Å². The molecule has 4 heteroatoms. The van der Waals surface area contributed by atoms with Crippen molar-refractivity contribution in [2.24, 2.45) is 5.73 Å². The smallest absolute Gasteiger partial charge is 0.153 e. The maximum atomic E-state index is 11.9. The summed E-state index contributed by atoms with van der Waals surface area (Å²) < 4.78 is 23.8. The van der Waals surface area contributed by atoms with Gasteiger partial charge in [-0.1, -0.05) is 25.7 Å². The van der Waals surface area contributed by atoms with Crippen molar-refractivity contribution >= 4 is 9.84 Å². The Morgan fingerprint density at radius 3 is 2.41 bits per heavy atom. The molecule has 0 aromatic carbocycles. The van der Waals surface area contributed by atoms with Crippen LogP contribution >= 0.6 is 0 Å². The zero-order valence-corrected chi connectivity index (χ0v) is 11.5. The standard InChI is InChI=1S/C13H25NO2S/c14-13(8-3-1-4-9-13)10-7-12-6-2-5-11-17(12,15)16/h12H,1-11,14H2. The first-order valence-corrected chi connectivity index (χ1v) is 8.74. The van der Waals surface area contributed by atoms with Crippen LogP contribution in [0.5, 0.6) is 0 Å². The summed E-state index contributed by atoms with van der Waals surface area (Å²) >= 11 is 0. The Hall–Kier alpha value is -0.0900. The van der Waals surface area contributed by atoms with E-state index in [1.54, 1.807) is 0 Å². The van der Waals surface area contributed by atoms with Gasteiger partial charge in [-0.05, 0) is 38.5 Å². The second-order valence-corrected chi connectivity index (χ2v) is 8.35. The van der Waals surface area contributed by atoms with Crippen LogP contribution < -0.4 is 5.73 Å². The van der Waals surface area contributed by atoms with Gasteiger partial charge in [-0.15, -0.1) is 0 Å². The second kappa shape index (κ2) is 5.27. The van der Waals surface area contributed by atoms with Crippen LogP contribution in [0.2, 0.25) is 0 Å². The number of sulfone groups is 1. The van der Waals surface area contributed by atoms with Crippen molar-refractivity contribution in [3.63, 3.8) is 0 Å². The maximum Gasteiger partial charge on any atom is 0.153 e. The predicted molar refractivity (Wildman–Crippen MR) is 70.7 cm³/mol. The lowest BCUT2D eigenvalue weighted by Gasteiger charge is -2.35. The van der Waals surface area contributed by atoms with Crippen molar-refractivity contribution in [3.05, 3.63) is 0 Å². The Morgan fingerprint density at radius 1 is 1.06 bits per heavy atom. The molecule has 0 spiro atoms. The zero-order chi connectivity index (χ0) is 12.4. The van der Waals surface area contributed by atoms with Gasteiger partial charge in [0.25, 0.3) is 0 Å². The van der Waals surface area contributed by atoms with Gasteiger partial charge in [0.15, 0.2) is 9.84 Å². The molecule has 1 saturated heterocycles.